The average molecular weight is 212 g/mol. The highest BCUT2D eigenvalue weighted by atomic mass is 19.1. The second-order valence-corrected chi connectivity index (χ2v) is 3.19. The van der Waals surface area contributed by atoms with E-state index >= 15 is 0 Å². The molecule has 0 atom stereocenters. The Morgan fingerprint density at radius 3 is 2.80 bits per heavy atom. The van der Waals surface area contributed by atoms with Crippen LogP contribution < -0.4 is 4.74 Å². The highest BCUT2D eigenvalue weighted by Gasteiger charge is 2.22. The summed E-state index contributed by atoms with van der Waals surface area (Å²) in [4.78, 5) is 0. The minimum absolute atomic E-state index is 0.312. The van der Waals surface area contributed by atoms with E-state index < -0.39 is 6.29 Å². The van der Waals surface area contributed by atoms with Gasteiger partial charge in [-0.15, -0.1) is 0 Å². The number of ether oxygens (including phenoxy) is 3. The molecule has 82 valence electrons. The first-order valence-electron chi connectivity index (χ1n) is 4.96. The molecule has 1 saturated heterocycles. The molecule has 1 aliphatic heterocycles. The van der Waals surface area contributed by atoms with Crippen molar-refractivity contribution in [3.05, 3.63) is 29.6 Å². The Morgan fingerprint density at radius 1 is 1.40 bits per heavy atom. The SMILES string of the molecule is CCOc1ccc(F)cc1C1OCCO1. The molecule has 0 bridgehead atoms. The summed E-state index contributed by atoms with van der Waals surface area (Å²) in [6.45, 7) is 3.48. The molecule has 0 radical (unpaired) electrons. The molecule has 0 amide bonds. The first-order valence-corrected chi connectivity index (χ1v) is 4.96. The smallest absolute Gasteiger partial charge is 0.187 e. The van der Waals surface area contributed by atoms with Gasteiger partial charge in [-0.3, -0.25) is 0 Å². The molecule has 3 nitrogen and oxygen atoms in total. The summed E-state index contributed by atoms with van der Waals surface area (Å²) >= 11 is 0. The van der Waals surface area contributed by atoms with Gasteiger partial charge in [-0.1, -0.05) is 0 Å². The third-order valence-electron chi connectivity index (χ3n) is 2.15. The zero-order valence-corrected chi connectivity index (χ0v) is 8.53. The van der Waals surface area contributed by atoms with Crippen molar-refractivity contribution in [3.8, 4) is 5.75 Å². The molecule has 1 aromatic rings. The van der Waals surface area contributed by atoms with Crippen LogP contribution in [0.3, 0.4) is 0 Å². The number of benzene rings is 1. The second kappa shape index (κ2) is 4.59. The number of hydrogen-bond donors (Lipinski definition) is 0. The van der Waals surface area contributed by atoms with Gasteiger partial charge in [0.1, 0.15) is 11.6 Å². The first-order chi connectivity index (χ1) is 7.31. The van der Waals surface area contributed by atoms with E-state index in [2.05, 4.69) is 0 Å². The largest absolute Gasteiger partial charge is 0.493 e. The van der Waals surface area contributed by atoms with Gasteiger partial charge in [-0.2, -0.15) is 0 Å². The molecule has 1 aromatic carbocycles. The van der Waals surface area contributed by atoms with E-state index in [1.807, 2.05) is 6.92 Å². The van der Waals surface area contributed by atoms with Gasteiger partial charge in [0.25, 0.3) is 0 Å². The monoisotopic (exact) mass is 212 g/mol. The van der Waals surface area contributed by atoms with Crippen LogP contribution in [-0.4, -0.2) is 19.8 Å². The molecule has 0 aliphatic carbocycles. The lowest BCUT2D eigenvalue weighted by Crippen LogP contribution is -2.03. The van der Waals surface area contributed by atoms with Crippen molar-refractivity contribution in [3.63, 3.8) is 0 Å². The Labute approximate surface area is 87.8 Å². The zero-order valence-electron chi connectivity index (χ0n) is 8.53. The maximum Gasteiger partial charge on any atom is 0.187 e. The van der Waals surface area contributed by atoms with E-state index in [4.69, 9.17) is 14.2 Å². The Bertz CT molecular complexity index is 335. The molecule has 0 saturated carbocycles. The van der Waals surface area contributed by atoms with Gasteiger partial charge < -0.3 is 14.2 Å². The maximum absolute atomic E-state index is 13.1. The van der Waals surface area contributed by atoms with Crippen LogP contribution in [0.5, 0.6) is 5.75 Å². The van der Waals surface area contributed by atoms with E-state index in [0.29, 0.717) is 31.1 Å². The lowest BCUT2D eigenvalue weighted by Gasteiger charge is -2.14. The van der Waals surface area contributed by atoms with Crippen LogP contribution in [0.25, 0.3) is 0 Å². The molecular weight excluding hydrogens is 199 g/mol. The van der Waals surface area contributed by atoms with Gasteiger partial charge in [0.15, 0.2) is 6.29 Å². The number of halogens is 1. The molecule has 0 N–H and O–H groups in total. The van der Waals surface area contributed by atoms with Gasteiger partial charge in [0.05, 0.1) is 25.4 Å². The van der Waals surface area contributed by atoms with Crippen molar-refractivity contribution in [2.45, 2.75) is 13.2 Å². The molecule has 0 spiro atoms. The molecule has 1 fully saturated rings. The summed E-state index contributed by atoms with van der Waals surface area (Å²) in [5.74, 6) is 0.304. The zero-order chi connectivity index (χ0) is 10.7. The highest BCUT2D eigenvalue weighted by Crippen LogP contribution is 2.31. The number of rotatable bonds is 3. The molecule has 2 rings (SSSR count). The lowest BCUT2D eigenvalue weighted by molar-refractivity contribution is -0.0459. The Balaban J connectivity index is 2.28. The van der Waals surface area contributed by atoms with Crippen LogP contribution in [0.4, 0.5) is 4.39 Å². The van der Waals surface area contributed by atoms with Gasteiger partial charge in [0, 0.05) is 0 Å². The van der Waals surface area contributed by atoms with Gasteiger partial charge in [-0.05, 0) is 25.1 Å². The van der Waals surface area contributed by atoms with E-state index in [1.165, 1.54) is 12.1 Å². The standard InChI is InChI=1S/C11H13FO3/c1-2-13-10-4-3-8(12)7-9(10)11-14-5-6-15-11/h3-4,7,11H,2,5-6H2,1H3. The van der Waals surface area contributed by atoms with Gasteiger partial charge >= 0.3 is 0 Å². The maximum atomic E-state index is 13.1. The normalized spacial score (nSPS) is 16.9. The van der Waals surface area contributed by atoms with Crippen molar-refractivity contribution in [1.29, 1.82) is 0 Å². The van der Waals surface area contributed by atoms with E-state index in [1.54, 1.807) is 6.07 Å². The van der Waals surface area contributed by atoms with E-state index in [9.17, 15) is 4.39 Å². The van der Waals surface area contributed by atoms with Crippen molar-refractivity contribution in [2.24, 2.45) is 0 Å². The molecule has 4 heteroatoms. The van der Waals surface area contributed by atoms with Gasteiger partial charge in [0.2, 0.25) is 0 Å². The Kier molecular flexibility index (Phi) is 3.18. The Hall–Kier alpha value is -1.13. The quantitative estimate of drug-likeness (QED) is 0.769. The average Bonchev–Trinajstić information content (AvgIpc) is 2.74. The second-order valence-electron chi connectivity index (χ2n) is 3.19. The summed E-state index contributed by atoms with van der Waals surface area (Å²) in [5, 5.41) is 0. The predicted molar refractivity (Wildman–Crippen MR) is 52.2 cm³/mol. The summed E-state index contributed by atoms with van der Waals surface area (Å²) in [6, 6.07) is 4.35. The van der Waals surface area contributed by atoms with Crippen molar-refractivity contribution < 1.29 is 18.6 Å². The van der Waals surface area contributed by atoms with Crippen LogP contribution >= 0.6 is 0 Å². The van der Waals surface area contributed by atoms with Crippen LogP contribution in [-0.2, 0) is 9.47 Å². The van der Waals surface area contributed by atoms with E-state index in [0.717, 1.165) is 0 Å². The summed E-state index contributed by atoms with van der Waals surface area (Å²) in [5.41, 5.74) is 0.620. The van der Waals surface area contributed by atoms with E-state index in [-0.39, 0.29) is 5.82 Å². The minimum atomic E-state index is -0.498. The summed E-state index contributed by atoms with van der Waals surface area (Å²) in [6.07, 6.45) is -0.498. The van der Waals surface area contributed by atoms with Crippen LogP contribution in [0.15, 0.2) is 18.2 Å². The fourth-order valence-electron chi connectivity index (χ4n) is 1.53. The van der Waals surface area contributed by atoms with Crippen molar-refractivity contribution >= 4 is 0 Å². The van der Waals surface area contributed by atoms with Crippen LogP contribution in [0.2, 0.25) is 0 Å². The first kappa shape index (κ1) is 10.4. The molecule has 1 heterocycles. The third kappa shape index (κ3) is 2.27. The number of hydrogen-bond acceptors (Lipinski definition) is 3. The van der Waals surface area contributed by atoms with Gasteiger partial charge in [-0.25, -0.2) is 4.39 Å². The van der Waals surface area contributed by atoms with Crippen LogP contribution in [0.1, 0.15) is 18.8 Å². The van der Waals surface area contributed by atoms with Crippen molar-refractivity contribution in [2.75, 3.05) is 19.8 Å². The fourth-order valence-corrected chi connectivity index (χ4v) is 1.53. The molecule has 0 unspecified atom stereocenters. The van der Waals surface area contributed by atoms with Crippen molar-refractivity contribution in [1.82, 2.24) is 0 Å². The molecule has 15 heavy (non-hydrogen) atoms. The highest BCUT2D eigenvalue weighted by molar-refractivity contribution is 5.35. The minimum Gasteiger partial charge on any atom is -0.493 e. The predicted octanol–water partition coefficient (Wildman–Crippen LogP) is 2.27. The topological polar surface area (TPSA) is 27.7 Å². The summed E-state index contributed by atoms with van der Waals surface area (Å²) < 4.78 is 29.1. The Morgan fingerprint density at radius 2 is 2.13 bits per heavy atom. The van der Waals surface area contributed by atoms with Crippen LogP contribution in [0, 0.1) is 5.82 Å². The molecule has 1 aliphatic rings. The third-order valence-corrected chi connectivity index (χ3v) is 2.15. The summed E-state index contributed by atoms with van der Waals surface area (Å²) in [7, 11) is 0. The fraction of sp³-hybridized carbons (Fsp3) is 0.455. The lowest BCUT2D eigenvalue weighted by atomic mass is 10.2. The molecule has 0 aromatic heterocycles. The molecular formula is C11H13FO3.